The molecule has 1 saturated carbocycles. The molecule has 2 rings (SSSR count). The van der Waals surface area contributed by atoms with Crippen LogP contribution in [0.5, 0.6) is 0 Å². The van der Waals surface area contributed by atoms with Crippen molar-refractivity contribution in [3.63, 3.8) is 0 Å². The predicted octanol–water partition coefficient (Wildman–Crippen LogP) is 1.96. The van der Waals surface area contributed by atoms with Crippen LogP contribution in [0.1, 0.15) is 36.6 Å². The van der Waals surface area contributed by atoms with Crippen LogP contribution in [0.2, 0.25) is 0 Å². The molecule has 0 amide bonds. The van der Waals surface area contributed by atoms with Crippen LogP contribution in [-0.4, -0.2) is 28.3 Å². The molecule has 1 fully saturated rings. The van der Waals surface area contributed by atoms with Crippen molar-refractivity contribution in [2.45, 2.75) is 39.7 Å². The Morgan fingerprint density at radius 2 is 2.00 bits per heavy atom. The summed E-state index contributed by atoms with van der Waals surface area (Å²) in [5.41, 5.74) is 8.63. The Morgan fingerprint density at radius 3 is 2.50 bits per heavy atom. The predicted molar refractivity (Wildman–Crippen MR) is 78.0 cm³/mol. The summed E-state index contributed by atoms with van der Waals surface area (Å²) in [4.78, 5) is 2.56. The molecule has 1 atom stereocenters. The molecule has 1 aliphatic rings. The van der Waals surface area contributed by atoms with E-state index in [9.17, 15) is 0 Å². The molecule has 4 nitrogen and oxygen atoms in total. The maximum Gasteiger partial charge on any atom is 0.161 e. The number of aryl methyl sites for hydroxylation is 1. The molecule has 0 aliphatic heterocycles. The second kappa shape index (κ2) is 4.80. The van der Waals surface area contributed by atoms with Gasteiger partial charge in [0.25, 0.3) is 0 Å². The number of aromatic nitrogens is 2. The molecule has 1 heterocycles. The Bertz CT molecular complexity index is 482. The van der Waals surface area contributed by atoms with Crippen LogP contribution < -0.4 is 10.6 Å². The SMILES string of the molecule is Cc1nnc(N(C)C(C)C2CC2)c(C(N)=S)c1C. The van der Waals surface area contributed by atoms with Crippen LogP contribution in [0.15, 0.2) is 0 Å². The summed E-state index contributed by atoms with van der Waals surface area (Å²) >= 11 is 5.17. The molecule has 1 unspecified atom stereocenters. The number of anilines is 1. The van der Waals surface area contributed by atoms with Crippen LogP contribution >= 0.6 is 12.2 Å². The molecule has 0 bridgehead atoms. The van der Waals surface area contributed by atoms with E-state index in [1.165, 1.54) is 12.8 Å². The molecular weight excluding hydrogens is 244 g/mol. The zero-order chi connectivity index (χ0) is 13.4. The molecule has 98 valence electrons. The smallest absolute Gasteiger partial charge is 0.161 e. The van der Waals surface area contributed by atoms with Crippen LogP contribution in [0.3, 0.4) is 0 Å². The topological polar surface area (TPSA) is 55.0 Å². The fourth-order valence-electron chi connectivity index (χ4n) is 2.23. The lowest BCUT2D eigenvalue weighted by molar-refractivity contribution is 0.600. The maximum absolute atomic E-state index is 5.85. The van der Waals surface area contributed by atoms with E-state index >= 15 is 0 Å². The van der Waals surface area contributed by atoms with Gasteiger partial charge in [-0.1, -0.05) is 12.2 Å². The van der Waals surface area contributed by atoms with Gasteiger partial charge in [0.15, 0.2) is 5.82 Å². The second-order valence-corrected chi connectivity index (χ2v) is 5.60. The van der Waals surface area contributed by atoms with Gasteiger partial charge in [0, 0.05) is 13.1 Å². The van der Waals surface area contributed by atoms with E-state index in [0.717, 1.165) is 28.6 Å². The fourth-order valence-corrected chi connectivity index (χ4v) is 2.47. The van der Waals surface area contributed by atoms with Gasteiger partial charge in [0.2, 0.25) is 0 Å². The summed E-state index contributed by atoms with van der Waals surface area (Å²) in [5.74, 6) is 1.57. The third-order valence-corrected chi connectivity index (χ3v) is 4.14. The molecule has 18 heavy (non-hydrogen) atoms. The molecular formula is C13H20N4S. The largest absolute Gasteiger partial charge is 0.389 e. The third-order valence-electron chi connectivity index (χ3n) is 3.93. The minimum absolute atomic E-state index is 0.398. The van der Waals surface area contributed by atoms with Crippen molar-refractivity contribution in [1.82, 2.24) is 10.2 Å². The fraction of sp³-hybridized carbons (Fsp3) is 0.615. The molecule has 1 aromatic rings. The van der Waals surface area contributed by atoms with Crippen molar-refractivity contribution in [2.75, 3.05) is 11.9 Å². The first kappa shape index (κ1) is 13.2. The quantitative estimate of drug-likeness (QED) is 0.843. The second-order valence-electron chi connectivity index (χ2n) is 5.16. The zero-order valence-corrected chi connectivity index (χ0v) is 12.2. The highest BCUT2D eigenvalue weighted by Gasteiger charge is 2.32. The van der Waals surface area contributed by atoms with E-state index in [0.29, 0.717) is 11.0 Å². The van der Waals surface area contributed by atoms with Crippen molar-refractivity contribution in [1.29, 1.82) is 0 Å². The average Bonchev–Trinajstić information content (AvgIpc) is 3.14. The monoisotopic (exact) mass is 264 g/mol. The minimum atomic E-state index is 0.398. The summed E-state index contributed by atoms with van der Waals surface area (Å²) < 4.78 is 0. The Hall–Kier alpha value is -1.23. The average molecular weight is 264 g/mol. The van der Waals surface area contributed by atoms with Crippen LogP contribution in [0.25, 0.3) is 0 Å². The summed E-state index contributed by atoms with van der Waals surface area (Å²) in [5, 5.41) is 8.50. The Kier molecular flexibility index (Phi) is 3.52. The highest BCUT2D eigenvalue weighted by atomic mass is 32.1. The van der Waals surface area contributed by atoms with Crippen LogP contribution in [0.4, 0.5) is 5.82 Å². The normalized spacial score (nSPS) is 16.4. The van der Waals surface area contributed by atoms with Gasteiger partial charge in [-0.3, -0.25) is 0 Å². The summed E-state index contributed by atoms with van der Waals surface area (Å²) in [6, 6.07) is 0.453. The van der Waals surface area contributed by atoms with Gasteiger partial charge < -0.3 is 10.6 Å². The van der Waals surface area contributed by atoms with E-state index in [-0.39, 0.29) is 0 Å². The number of hydrogen-bond donors (Lipinski definition) is 1. The first-order valence-electron chi connectivity index (χ1n) is 6.30. The lowest BCUT2D eigenvalue weighted by atomic mass is 10.1. The lowest BCUT2D eigenvalue weighted by Crippen LogP contribution is -2.34. The molecule has 0 spiro atoms. The van der Waals surface area contributed by atoms with E-state index in [1.807, 2.05) is 20.9 Å². The first-order chi connectivity index (χ1) is 8.43. The van der Waals surface area contributed by atoms with Crippen molar-refractivity contribution in [3.05, 3.63) is 16.8 Å². The molecule has 2 N–H and O–H groups in total. The van der Waals surface area contributed by atoms with E-state index in [1.54, 1.807) is 0 Å². The zero-order valence-electron chi connectivity index (χ0n) is 11.4. The highest BCUT2D eigenvalue weighted by Crippen LogP contribution is 2.36. The molecule has 5 heteroatoms. The maximum atomic E-state index is 5.85. The lowest BCUT2D eigenvalue weighted by Gasteiger charge is -2.28. The molecule has 0 radical (unpaired) electrons. The number of hydrogen-bond acceptors (Lipinski definition) is 4. The van der Waals surface area contributed by atoms with E-state index in [4.69, 9.17) is 18.0 Å². The standard InChI is InChI=1S/C13H20N4S/c1-7-8(2)15-16-13(11(7)12(14)18)17(4)9(3)10-5-6-10/h9-10H,5-6H2,1-4H3,(H2,14,18). The summed E-state index contributed by atoms with van der Waals surface area (Å²) in [6.07, 6.45) is 2.60. The van der Waals surface area contributed by atoms with Crippen molar-refractivity contribution >= 4 is 23.0 Å². The first-order valence-corrected chi connectivity index (χ1v) is 6.70. The number of rotatable bonds is 4. The van der Waals surface area contributed by atoms with Crippen LogP contribution in [-0.2, 0) is 0 Å². The molecule has 1 aliphatic carbocycles. The number of thiocarbonyl (C=S) groups is 1. The van der Waals surface area contributed by atoms with Gasteiger partial charge in [-0.15, -0.1) is 5.10 Å². The summed E-state index contributed by atoms with van der Waals surface area (Å²) in [6.45, 7) is 6.15. The number of nitrogens with two attached hydrogens (primary N) is 1. The summed E-state index contributed by atoms with van der Waals surface area (Å²) in [7, 11) is 2.05. The molecule has 0 aromatic carbocycles. The Morgan fingerprint density at radius 1 is 1.39 bits per heavy atom. The minimum Gasteiger partial charge on any atom is -0.389 e. The van der Waals surface area contributed by atoms with E-state index < -0.39 is 0 Å². The Labute approximate surface area is 114 Å². The third kappa shape index (κ3) is 2.32. The highest BCUT2D eigenvalue weighted by molar-refractivity contribution is 7.80. The van der Waals surface area contributed by atoms with Gasteiger partial charge in [-0.05, 0) is 45.1 Å². The van der Waals surface area contributed by atoms with Crippen molar-refractivity contribution < 1.29 is 0 Å². The van der Waals surface area contributed by atoms with Gasteiger partial charge in [0.1, 0.15) is 4.99 Å². The van der Waals surface area contributed by atoms with Gasteiger partial charge in [-0.2, -0.15) is 5.10 Å². The molecule has 1 aromatic heterocycles. The number of nitrogens with zero attached hydrogens (tertiary/aromatic N) is 3. The van der Waals surface area contributed by atoms with E-state index in [2.05, 4.69) is 22.0 Å². The van der Waals surface area contributed by atoms with Crippen molar-refractivity contribution in [2.24, 2.45) is 11.7 Å². The van der Waals surface area contributed by atoms with Crippen LogP contribution in [0, 0.1) is 19.8 Å². The van der Waals surface area contributed by atoms with Crippen molar-refractivity contribution in [3.8, 4) is 0 Å². The van der Waals surface area contributed by atoms with Gasteiger partial charge in [-0.25, -0.2) is 0 Å². The van der Waals surface area contributed by atoms with Gasteiger partial charge in [0.05, 0.1) is 11.3 Å². The van der Waals surface area contributed by atoms with Gasteiger partial charge >= 0.3 is 0 Å². The Balaban J connectivity index is 2.43. The molecule has 0 saturated heterocycles.